The van der Waals surface area contributed by atoms with Gasteiger partial charge in [0.25, 0.3) is 0 Å². The van der Waals surface area contributed by atoms with Gasteiger partial charge in [0.1, 0.15) is 6.29 Å². The van der Waals surface area contributed by atoms with Gasteiger partial charge in [0, 0.05) is 0 Å². The highest BCUT2D eigenvalue weighted by molar-refractivity contribution is 5.64. The molecule has 0 amide bonds. The van der Waals surface area contributed by atoms with Crippen LogP contribution in [0.1, 0.15) is 135 Å². The zero-order valence-electron chi connectivity index (χ0n) is 17.3. The molecule has 1 heteroatoms. The minimum absolute atomic E-state index is 0.871. The van der Waals surface area contributed by atoms with Crippen molar-refractivity contribution in [1.29, 1.82) is 0 Å². The fourth-order valence-electron chi connectivity index (χ4n) is 3.49. The third-order valence-electron chi connectivity index (χ3n) is 5.19. The van der Waals surface area contributed by atoms with Crippen molar-refractivity contribution in [3.05, 3.63) is 12.2 Å². The van der Waals surface area contributed by atoms with Crippen LogP contribution in [0, 0.1) is 0 Å². The molecule has 0 aromatic heterocycles. The van der Waals surface area contributed by atoms with Crippen LogP contribution < -0.4 is 0 Å². The number of hydrogen-bond donors (Lipinski definition) is 0. The summed E-state index contributed by atoms with van der Waals surface area (Å²) in [4.78, 5) is 10.1. The number of carbonyl (C=O) groups excluding carboxylic acids is 1. The Morgan fingerprint density at radius 3 is 1.12 bits per heavy atom. The van der Waals surface area contributed by atoms with Gasteiger partial charge in [0.15, 0.2) is 0 Å². The number of carbonyl (C=O) groups is 1. The van der Waals surface area contributed by atoms with E-state index in [2.05, 4.69) is 6.92 Å². The molecule has 0 aromatic rings. The summed E-state index contributed by atoms with van der Waals surface area (Å²) in [6.45, 7) is 2.29. The fraction of sp³-hybridized carbons (Fsp3) is 0.875. The molecule has 0 rings (SSSR count). The second-order valence-corrected chi connectivity index (χ2v) is 7.72. The van der Waals surface area contributed by atoms with Gasteiger partial charge in [-0.3, -0.25) is 4.79 Å². The summed E-state index contributed by atoms with van der Waals surface area (Å²) in [7, 11) is 0. The molecule has 0 aliphatic heterocycles. The van der Waals surface area contributed by atoms with Gasteiger partial charge in [-0.2, -0.15) is 0 Å². The van der Waals surface area contributed by atoms with E-state index >= 15 is 0 Å². The maximum Gasteiger partial charge on any atom is 0.142 e. The number of unbranched alkanes of at least 4 members (excludes halogenated alkanes) is 19. The van der Waals surface area contributed by atoms with E-state index in [-0.39, 0.29) is 0 Å². The molecule has 0 bridgehead atoms. The highest BCUT2D eigenvalue weighted by atomic mass is 16.1. The minimum Gasteiger partial charge on any atom is -0.299 e. The van der Waals surface area contributed by atoms with Crippen LogP contribution >= 0.6 is 0 Å². The smallest absolute Gasteiger partial charge is 0.142 e. The van der Waals surface area contributed by atoms with E-state index in [0.717, 1.165) is 12.7 Å². The molecule has 0 unspecified atom stereocenters. The average Bonchev–Trinajstić information content (AvgIpc) is 2.63. The predicted molar refractivity (Wildman–Crippen MR) is 113 cm³/mol. The molecule has 0 N–H and O–H groups in total. The molecule has 1 nitrogen and oxygen atoms in total. The quantitative estimate of drug-likeness (QED) is 0.115. The Bertz CT molecular complexity index is 269. The van der Waals surface area contributed by atoms with Crippen LogP contribution in [0.4, 0.5) is 0 Å². The predicted octanol–water partition coefficient (Wildman–Crippen LogP) is 8.56. The molecule has 25 heavy (non-hydrogen) atoms. The van der Waals surface area contributed by atoms with Gasteiger partial charge in [0.05, 0.1) is 0 Å². The van der Waals surface area contributed by atoms with Crippen molar-refractivity contribution in [3.63, 3.8) is 0 Å². The molecule has 0 fully saturated rings. The van der Waals surface area contributed by atoms with Crippen LogP contribution in [0.3, 0.4) is 0 Å². The van der Waals surface area contributed by atoms with Crippen LogP contribution in [-0.2, 0) is 4.79 Å². The van der Waals surface area contributed by atoms with E-state index in [1.807, 2.05) is 6.08 Å². The van der Waals surface area contributed by atoms with E-state index in [9.17, 15) is 4.79 Å². The Balaban J connectivity index is 2.98. The van der Waals surface area contributed by atoms with Gasteiger partial charge in [-0.15, -0.1) is 0 Å². The lowest BCUT2D eigenvalue weighted by Crippen LogP contribution is -1.84. The van der Waals surface area contributed by atoms with Gasteiger partial charge < -0.3 is 0 Å². The van der Waals surface area contributed by atoms with Crippen molar-refractivity contribution in [3.8, 4) is 0 Å². The Hall–Kier alpha value is -0.590. The number of aldehydes is 1. The summed E-state index contributed by atoms with van der Waals surface area (Å²) in [6, 6.07) is 0. The Morgan fingerprint density at radius 2 is 0.800 bits per heavy atom. The second-order valence-electron chi connectivity index (χ2n) is 7.72. The minimum atomic E-state index is 0.871. The molecule has 0 heterocycles. The first-order valence-electron chi connectivity index (χ1n) is 11.5. The summed E-state index contributed by atoms with van der Waals surface area (Å²) >= 11 is 0. The van der Waals surface area contributed by atoms with Crippen molar-refractivity contribution in [2.45, 2.75) is 135 Å². The fourth-order valence-corrected chi connectivity index (χ4v) is 3.49. The summed E-state index contributed by atoms with van der Waals surface area (Å²) in [5.41, 5.74) is 0. The maximum atomic E-state index is 10.1. The van der Waals surface area contributed by atoms with Gasteiger partial charge in [0.2, 0.25) is 0 Å². The van der Waals surface area contributed by atoms with Crippen molar-refractivity contribution >= 4 is 6.29 Å². The third kappa shape index (κ3) is 23.4. The van der Waals surface area contributed by atoms with Crippen LogP contribution in [0.5, 0.6) is 0 Å². The highest BCUT2D eigenvalue weighted by Gasteiger charge is 1.95. The van der Waals surface area contributed by atoms with Gasteiger partial charge >= 0.3 is 0 Å². The molecule has 0 saturated carbocycles. The SMILES string of the molecule is CCCCCCCCCCCCCCCCCCCCC/C=C/C=O. The first-order chi connectivity index (χ1) is 12.4. The zero-order valence-corrected chi connectivity index (χ0v) is 17.3. The van der Waals surface area contributed by atoms with E-state index in [1.165, 1.54) is 122 Å². The Labute approximate surface area is 159 Å². The number of allylic oxidation sites excluding steroid dienone is 2. The van der Waals surface area contributed by atoms with Crippen LogP contribution in [0.25, 0.3) is 0 Å². The van der Waals surface area contributed by atoms with Gasteiger partial charge in [-0.05, 0) is 18.9 Å². The first kappa shape index (κ1) is 24.4. The highest BCUT2D eigenvalue weighted by Crippen LogP contribution is 2.14. The van der Waals surface area contributed by atoms with E-state index < -0.39 is 0 Å². The van der Waals surface area contributed by atoms with E-state index in [1.54, 1.807) is 6.08 Å². The average molecular weight is 351 g/mol. The second kappa shape index (κ2) is 23.4. The Morgan fingerprint density at radius 1 is 0.480 bits per heavy atom. The lowest BCUT2D eigenvalue weighted by molar-refractivity contribution is -0.104. The summed E-state index contributed by atoms with van der Waals surface area (Å²) < 4.78 is 0. The lowest BCUT2D eigenvalue weighted by atomic mass is 10.0. The van der Waals surface area contributed by atoms with E-state index in [4.69, 9.17) is 0 Å². The third-order valence-corrected chi connectivity index (χ3v) is 5.19. The lowest BCUT2D eigenvalue weighted by Gasteiger charge is -2.03. The maximum absolute atomic E-state index is 10.1. The molecule has 0 atom stereocenters. The van der Waals surface area contributed by atoms with Gasteiger partial charge in [-0.25, -0.2) is 0 Å². The molecule has 0 saturated heterocycles. The molecular weight excluding hydrogens is 304 g/mol. The molecule has 0 aliphatic rings. The monoisotopic (exact) mass is 350 g/mol. The molecule has 0 aromatic carbocycles. The van der Waals surface area contributed by atoms with Gasteiger partial charge in [-0.1, -0.05) is 129 Å². The van der Waals surface area contributed by atoms with Crippen molar-refractivity contribution < 1.29 is 4.79 Å². The number of hydrogen-bond acceptors (Lipinski definition) is 1. The first-order valence-corrected chi connectivity index (χ1v) is 11.5. The molecule has 148 valence electrons. The van der Waals surface area contributed by atoms with Crippen LogP contribution in [0.2, 0.25) is 0 Å². The van der Waals surface area contributed by atoms with Crippen molar-refractivity contribution in [1.82, 2.24) is 0 Å². The molecule has 0 aliphatic carbocycles. The van der Waals surface area contributed by atoms with Crippen molar-refractivity contribution in [2.75, 3.05) is 0 Å². The van der Waals surface area contributed by atoms with Crippen molar-refractivity contribution in [2.24, 2.45) is 0 Å². The topological polar surface area (TPSA) is 17.1 Å². The zero-order chi connectivity index (χ0) is 18.3. The largest absolute Gasteiger partial charge is 0.299 e. The molecule has 0 radical (unpaired) electrons. The van der Waals surface area contributed by atoms with E-state index in [0.29, 0.717) is 0 Å². The molecule has 0 spiro atoms. The molecular formula is C24H46O. The summed E-state index contributed by atoms with van der Waals surface area (Å²) in [5.74, 6) is 0. The summed E-state index contributed by atoms with van der Waals surface area (Å²) in [5, 5.41) is 0. The summed E-state index contributed by atoms with van der Waals surface area (Å²) in [6.07, 6.45) is 32.6. The number of rotatable bonds is 21. The van der Waals surface area contributed by atoms with Crippen LogP contribution in [0.15, 0.2) is 12.2 Å². The van der Waals surface area contributed by atoms with Crippen LogP contribution in [-0.4, -0.2) is 6.29 Å². The normalized spacial score (nSPS) is 11.4. The Kier molecular flexibility index (Phi) is 22.9. The standard InChI is InChI=1S/C24H46O/c1-2-3-4-5-6-7-8-9-10-11-12-13-14-15-16-17-18-19-20-21-22-23-24-25/h22-24H,2-21H2,1H3/b23-22+.